The normalized spacial score (nSPS) is 19.4. The first-order valence-electron chi connectivity index (χ1n) is 6.01. The average molecular weight is 245 g/mol. The molecule has 0 aromatic carbocycles. The monoisotopic (exact) mass is 245 g/mol. The molecule has 0 radical (unpaired) electrons. The third kappa shape index (κ3) is 1.79. The molecule has 94 valence electrons. The van der Waals surface area contributed by atoms with Gasteiger partial charge in [0.2, 0.25) is 0 Å². The number of anilines is 1. The molecule has 18 heavy (non-hydrogen) atoms. The van der Waals surface area contributed by atoms with Crippen molar-refractivity contribution in [1.29, 1.82) is 0 Å². The van der Waals surface area contributed by atoms with E-state index in [9.17, 15) is 4.79 Å². The Balaban J connectivity index is 1.84. The molecule has 1 unspecified atom stereocenters. The topological polar surface area (TPSA) is 56.0 Å². The maximum absolute atomic E-state index is 12.0. The molecule has 3 rings (SSSR count). The van der Waals surface area contributed by atoms with Gasteiger partial charge in [-0.2, -0.15) is 5.10 Å². The molecule has 2 aromatic heterocycles. The van der Waals surface area contributed by atoms with Gasteiger partial charge in [-0.15, -0.1) is 0 Å². The molecule has 0 spiro atoms. The van der Waals surface area contributed by atoms with Crippen LogP contribution in [-0.4, -0.2) is 32.4 Å². The highest BCUT2D eigenvalue weighted by molar-refractivity contribution is 5.37. The van der Waals surface area contributed by atoms with Crippen LogP contribution in [0.25, 0.3) is 0 Å². The van der Waals surface area contributed by atoms with Gasteiger partial charge in [-0.1, -0.05) is 0 Å². The second-order valence-corrected chi connectivity index (χ2v) is 4.54. The number of hydrogen-bond acceptors (Lipinski definition) is 4. The minimum Gasteiger partial charge on any atom is -0.350 e. The van der Waals surface area contributed by atoms with Gasteiger partial charge >= 0.3 is 0 Å². The summed E-state index contributed by atoms with van der Waals surface area (Å²) in [5, 5.41) is 4.25. The van der Waals surface area contributed by atoms with E-state index in [0.717, 1.165) is 19.5 Å². The lowest BCUT2D eigenvalue weighted by Gasteiger charge is -2.17. The summed E-state index contributed by atoms with van der Waals surface area (Å²) in [4.78, 5) is 18.2. The van der Waals surface area contributed by atoms with Crippen molar-refractivity contribution < 1.29 is 0 Å². The zero-order chi connectivity index (χ0) is 12.5. The van der Waals surface area contributed by atoms with E-state index in [2.05, 4.69) is 10.1 Å². The minimum atomic E-state index is -0.0429. The SMILES string of the molecule is Cn1ccnc(N2CCC(n3cccn3)C2)c1=O. The largest absolute Gasteiger partial charge is 0.350 e. The van der Waals surface area contributed by atoms with Crippen LogP contribution in [-0.2, 0) is 7.05 Å². The van der Waals surface area contributed by atoms with Gasteiger partial charge in [0.25, 0.3) is 5.56 Å². The molecular weight excluding hydrogens is 230 g/mol. The quantitative estimate of drug-likeness (QED) is 0.770. The summed E-state index contributed by atoms with van der Waals surface area (Å²) >= 11 is 0. The smallest absolute Gasteiger partial charge is 0.293 e. The molecule has 1 saturated heterocycles. The number of hydrogen-bond donors (Lipinski definition) is 0. The molecule has 1 aliphatic heterocycles. The van der Waals surface area contributed by atoms with E-state index in [0.29, 0.717) is 11.9 Å². The Bertz CT molecular complexity index is 589. The minimum absolute atomic E-state index is 0.0429. The molecular formula is C12H15N5O. The zero-order valence-electron chi connectivity index (χ0n) is 10.2. The summed E-state index contributed by atoms with van der Waals surface area (Å²) < 4.78 is 3.51. The first-order chi connectivity index (χ1) is 8.75. The van der Waals surface area contributed by atoms with Crippen molar-refractivity contribution in [3.8, 4) is 0 Å². The first-order valence-corrected chi connectivity index (χ1v) is 6.01. The third-order valence-corrected chi connectivity index (χ3v) is 3.36. The maximum atomic E-state index is 12.0. The molecule has 2 aromatic rings. The van der Waals surface area contributed by atoms with Crippen molar-refractivity contribution in [1.82, 2.24) is 19.3 Å². The molecule has 0 bridgehead atoms. The van der Waals surface area contributed by atoms with Gasteiger partial charge in [0.15, 0.2) is 5.82 Å². The molecule has 0 N–H and O–H groups in total. The van der Waals surface area contributed by atoms with Gasteiger partial charge in [-0.3, -0.25) is 9.48 Å². The summed E-state index contributed by atoms with van der Waals surface area (Å²) in [6.45, 7) is 1.63. The van der Waals surface area contributed by atoms with Gasteiger partial charge in [-0.05, 0) is 12.5 Å². The van der Waals surface area contributed by atoms with Crippen molar-refractivity contribution in [3.63, 3.8) is 0 Å². The lowest BCUT2D eigenvalue weighted by molar-refractivity contribution is 0.494. The third-order valence-electron chi connectivity index (χ3n) is 3.36. The Morgan fingerprint density at radius 1 is 1.33 bits per heavy atom. The van der Waals surface area contributed by atoms with E-state index in [-0.39, 0.29) is 5.56 Å². The van der Waals surface area contributed by atoms with Crippen LogP contribution in [0.5, 0.6) is 0 Å². The Morgan fingerprint density at radius 2 is 2.22 bits per heavy atom. The average Bonchev–Trinajstić information content (AvgIpc) is 3.01. The standard InChI is InChI=1S/C12H15N5O/c1-15-8-5-13-11(12(15)18)16-7-3-10(9-16)17-6-2-4-14-17/h2,4-6,8,10H,3,7,9H2,1H3. The highest BCUT2D eigenvalue weighted by Gasteiger charge is 2.26. The maximum Gasteiger partial charge on any atom is 0.293 e. The Morgan fingerprint density at radius 3 is 3.00 bits per heavy atom. The second kappa shape index (κ2) is 4.29. The van der Waals surface area contributed by atoms with Crippen LogP contribution in [0.2, 0.25) is 0 Å². The van der Waals surface area contributed by atoms with Gasteiger partial charge in [-0.25, -0.2) is 4.98 Å². The molecule has 1 atom stereocenters. The molecule has 6 heteroatoms. The summed E-state index contributed by atoms with van der Waals surface area (Å²) in [5.41, 5.74) is -0.0429. The van der Waals surface area contributed by atoms with Gasteiger partial charge in [0, 0.05) is 44.9 Å². The fraction of sp³-hybridized carbons (Fsp3) is 0.417. The number of aromatic nitrogens is 4. The van der Waals surface area contributed by atoms with Crippen LogP contribution in [0.1, 0.15) is 12.5 Å². The predicted molar refractivity (Wildman–Crippen MR) is 67.6 cm³/mol. The van der Waals surface area contributed by atoms with E-state index in [1.54, 1.807) is 30.2 Å². The van der Waals surface area contributed by atoms with Crippen LogP contribution in [0.3, 0.4) is 0 Å². The molecule has 3 heterocycles. The summed E-state index contributed by atoms with van der Waals surface area (Å²) in [5.74, 6) is 0.537. The molecule has 0 saturated carbocycles. The Kier molecular flexibility index (Phi) is 2.62. The van der Waals surface area contributed by atoms with E-state index in [4.69, 9.17) is 0 Å². The van der Waals surface area contributed by atoms with E-state index >= 15 is 0 Å². The number of rotatable bonds is 2. The highest BCUT2D eigenvalue weighted by atomic mass is 16.1. The fourth-order valence-corrected chi connectivity index (χ4v) is 2.35. The van der Waals surface area contributed by atoms with E-state index < -0.39 is 0 Å². The van der Waals surface area contributed by atoms with Crippen molar-refractivity contribution >= 4 is 5.82 Å². The van der Waals surface area contributed by atoms with Crippen LogP contribution in [0.15, 0.2) is 35.6 Å². The van der Waals surface area contributed by atoms with Crippen molar-refractivity contribution in [2.45, 2.75) is 12.5 Å². The summed E-state index contributed by atoms with van der Waals surface area (Å²) in [6, 6.07) is 2.24. The highest BCUT2D eigenvalue weighted by Crippen LogP contribution is 2.22. The van der Waals surface area contributed by atoms with Crippen molar-refractivity contribution in [2.75, 3.05) is 18.0 Å². The van der Waals surface area contributed by atoms with Crippen LogP contribution in [0.4, 0.5) is 5.82 Å². The second-order valence-electron chi connectivity index (χ2n) is 4.54. The molecule has 1 aliphatic rings. The number of aryl methyl sites for hydroxylation is 1. The molecule has 6 nitrogen and oxygen atoms in total. The Hall–Kier alpha value is -2.11. The summed E-state index contributed by atoms with van der Waals surface area (Å²) in [7, 11) is 1.74. The molecule has 1 fully saturated rings. The lowest BCUT2D eigenvalue weighted by atomic mass is 10.3. The Labute approximate surface area is 104 Å². The lowest BCUT2D eigenvalue weighted by Crippen LogP contribution is -2.31. The van der Waals surface area contributed by atoms with Crippen LogP contribution in [0, 0.1) is 0 Å². The van der Waals surface area contributed by atoms with Crippen LogP contribution >= 0.6 is 0 Å². The predicted octanol–water partition coefficient (Wildman–Crippen LogP) is 0.428. The van der Waals surface area contributed by atoms with Crippen molar-refractivity contribution in [2.24, 2.45) is 7.05 Å². The van der Waals surface area contributed by atoms with E-state index in [1.165, 1.54) is 0 Å². The first kappa shape index (κ1) is 11.0. The van der Waals surface area contributed by atoms with E-state index in [1.807, 2.05) is 21.8 Å². The zero-order valence-corrected chi connectivity index (χ0v) is 10.2. The fourth-order valence-electron chi connectivity index (χ4n) is 2.35. The summed E-state index contributed by atoms with van der Waals surface area (Å²) in [6.07, 6.45) is 8.07. The van der Waals surface area contributed by atoms with Gasteiger partial charge in [0.1, 0.15) is 0 Å². The molecule has 0 aliphatic carbocycles. The van der Waals surface area contributed by atoms with Crippen LogP contribution < -0.4 is 10.5 Å². The van der Waals surface area contributed by atoms with Crippen molar-refractivity contribution in [3.05, 3.63) is 41.2 Å². The molecule has 0 amide bonds. The van der Waals surface area contributed by atoms with Gasteiger partial charge in [0.05, 0.1) is 6.04 Å². The van der Waals surface area contributed by atoms with Gasteiger partial charge < -0.3 is 9.47 Å². The number of nitrogens with zero attached hydrogens (tertiary/aromatic N) is 5.